The van der Waals surface area contributed by atoms with Crippen molar-refractivity contribution >= 4 is 5.91 Å². The SMILES string of the molecule is CCCC(C)(N)C(=O)N1CC(C)OC(CO)C1. The van der Waals surface area contributed by atoms with E-state index in [2.05, 4.69) is 0 Å². The zero-order chi connectivity index (χ0) is 13.1. The second-order valence-corrected chi connectivity index (χ2v) is 5.13. The number of morpholine rings is 1. The minimum Gasteiger partial charge on any atom is -0.394 e. The van der Waals surface area contributed by atoms with E-state index >= 15 is 0 Å². The molecule has 5 heteroatoms. The van der Waals surface area contributed by atoms with E-state index in [9.17, 15) is 4.79 Å². The van der Waals surface area contributed by atoms with Gasteiger partial charge in [0.05, 0.1) is 24.4 Å². The quantitative estimate of drug-likeness (QED) is 0.736. The van der Waals surface area contributed by atoms with E-state index in [1.165, 1.54) is 0 Å². The molecule has 0 saturated carbocycles. The Bertz CT molecular complexity index is 268. The van der Waals surface area contributed by atoms with E-state index in [4.69, 9.17) is 15.6 Å². The van der Waals surface area contributed by atoms with Gasteiger partial charge in [0.1, 0.15) is 0 Å². The van der Waals surface area contributed by atoms with Gasteiger partial charge in [-0.2, -0.15) is 0 Å². The maximum Gasteiger partial charge on any atom is 0.242 e. The van der Waals surface area contributed by atoms with Gasteiger partial charge in [-0.1, -0.05) is 13.3 Å². The van der Waals surface area contributed by atoms with Crippen LogP contribution in [0.2, 0.25) is 0 Å². The Morgan fingerprint density at radius 1 is 1.59 bits per heavy atom. The summed E-state index contributed by atoms with van der Waals surface area (Å²) in [6.45, 7) is 6.59. The molecule has 1 rings (SSSR count). The fraction of sp³-hybridized carbons (Fsp3) is 0.917. The van der Waals surface area contributed by atoms with Crippen LogP contribution >= 0.6 is 0 Å². The van der Waals surface area contributed by atoms with Gasteiger partial charge in [-0.15, -0.1) is 0 Å². The number of amides is 1. The molecule has 3 unspecified atom stereocenters. The molecule has 17 heavy (non-hydrogen) atoms. The van der Waals surface area contributed by atoms with Crippen molar-refractivity contribution in [3.63, 3.8) is 0 Å². The standard InChI is InChI=1S/C12H24N2O3/c1-4-5-12(3,13)11(16)14-6-9(2)17-10(7-14)8-15/h9-10,15H,4-8,13H2,1-3H3. The summed E-state index contributed by atoms with van der Waals surface area (Å²) in [5.74, 6) is -0.0482. The fourth-order valence-electron chi connectivity index (χ4n) is 2.30. The van der Waals surface area contributed by atoms with Crippen LogP contribution in [0.15, 0.2) is 0 Å². The minimum atomic E-state index is -0.814. The number of carbonyl (C=O) groups is 1. The Balaban J connectivity index is 2.68. The number of nitrogens with zero attached hydrogens (tertiary/aromatic N) is 1. The first-order chi connectivity index (χ1) is 7.90. The number of hydrogen-bond acceptors (Lipinski definition) is 4. The smallest absolute Gasteiger partial charge is 0.242 e. The molecule has 1 amide bonds. The molecule has 0 aromatic rings. The van der Waals surface area contributed by atoms with Crippen LogP contribution in [0.4, 0.5) is 0 Å². The monoisotopic (exact) mass is 244 g/mol. The first-order valence-electron chi connectivity index (χ1n) is 6.25. The second kappa shape index (κ2) is 5.80. The van der Waals surface area contributed by atoms with Crippen molar-refractivity contribution in [3.8, 4) is 0 Å². The molecule has 1 saturated heterocycles. The Hall–Kier alpha value is -0.650. The van der Waals surface area contributed by atoms with Crippen LogP contribution in [-0.2, 0) is 9.53 Å². The van der Waals surface area contributed by atoms with Gasteiger partial charge in [0.15, 0.2) is 0 Å². The first kappa shape index (κ1) is 14.4. The topological polar surface area (TPSA) is 75.8 Å². The number of aliphatic hydroxyl groups is 1. The van der Waals surface area contributed by atoms with Crippen molar-refractivity contribution in [2.24, 2.45) is 5.73 Å². The molecule has 3 atom stereocenters. The highest BCUT2D eigenvalue weighted by atomic mass is 16.5. The average Bonchev–Trinajstić information content (AvgIpc) is 2.27. The summed E-state index contributed by atoms with van der Waals surface area (Å²) in [5, 5.41) is 9.12. The van der Waals surface area contributed by atoms with Crippen molar-refractivity contribution in [2.45, 2.75) is 51.4 Å². The van der Waals surface area contributed by atoms with Crippen LogP contribution in [0.3, 0.4) is 0 Å². The molecule has 100 valence electrons. The minimum absolute atomic E-state index is 0.0482. The van der Waals surface area contributed by atoms with E-state index in [0.29, 0.717) is 19.5 Å². The zero-order valence-corrected chi connectivity index (χ0v) is 11.0. The van der Waals surface area contributed by atoms with Crippen molar-refractivity contribution in [3.05, 3.63) is 0 Å². The van der Waals surface area contributed by atoms with Crippen molar-refractivity contribution in [1.82, 2.24) is 4.90 Å². The van der Waals surface area contributed by atoms with Crippen molar-refractivity contribution in [1.29, 1.82) is 0 Å². The van der Waals surface area contributed by atoms with Crippen LogP contribution in [0.5, 0.6) is 0 Å². The van der Waals surface area contributed by atoms with Crippen LogP contribution in [0, 0.1) is 0 Å². The van der Waals surface area contributed by atoms with Crippen molar-refractivity contribution < 1.29 is 14.6 Å². The third-order valence-electron chi connectivity index (χ3n) is 3.08. The van der Waals surface area contributed by atoms with Crippen LogP contribution < -0.4 is 5.73 Å². The van der Waals surface area contributed by atoms with Gasteiger partial charge in [-0.05, 0) is 20.3 Å². The van der Waals surface area contributed by atoms with Crippen molar-refractivity contribution in [2.75, 3.05) is 19.7 Å². The normalized spacial score (nSPS) is 28.9. The van der Waals surface area contributed by atoms with E-state index in [1.807, 2.05) is 13.8 Å². The van der Waals surface area contributed by atoms with Gasteiger partial charge < -0.3 is 20.5 Å². The van der Waals surface area contributed by atoms with E-state index in [-0.39, 0.29) is 24.7 Å². The van der Waals surface area contributed by atoms with Gasteiger partial charge in [0.2, 0.25) is 5.91 Å². The predicted octanol–water partition coefficient (Wildman–Crippen LogP) is 0.112. The number of aliphatic hydroxyl groups excluding tert-OH is 1. The lowest BCUT2D eigenvalue weighted by molar-refractivity contribution is -0.152. The van der Waals surface area contributed by atoms with Gasteiger partial charge in [0, 0.05) is 13.1 Å². The highest BCUT2D eigenvalue weighted by Crippen LogP contribution is 2.17. The van der Waals surface area contributed by atoms with Crippen LogP contribution in [0.1, 0.15) is 33.6 Å². The molecule has 5 nitrogen and oxygen atoms in total. The summed E-state index contributed by atoms with van der Waals surface area (Å²) < 4.78 is 5.50. The predicted molar refractivity (Wildman–Crippen MR) is 65.5 cm³/mol. The number of hydrogen-bond donors (Lipinski definition) is 2. The summed E-state index contributed by atoms with van der Waals surface area (Å²) in [7, 11) is 0. The maximum absolute atomic E-state index is 12.3. The molecule has 0 aromatic heterocycles. The Kier molecular flexibility index (Phi) is 4.91. The summed E-state index contributed by atoms with van der Waals surface area (Å²) >= 11 is 0. The molecule has 1 fully saturated rings. The van der Waals surface area contributed by atoms with E-state index in [1.54, 1.807) is 11.8 Å². The third-order valence-corrected chi connectivity index (χ3v) is 3.08. The van der Waals surface area contributed by atoms with Gasteiger partial charge in [0.25, 0.3) is 0 Å². The molecule has 0 aliphatic carbocycles. The molecular formula is C12H24N2O3. The zero-order valence-electron chi connectivity index (χ0n) is 11.0. The maximum atomic E-state index is 12.3. The molecular weight excluding hydrogens is 220 g/mol. The Morgan fingerprint density at radius 2 is 2.24 bits per heavy atom. The van der Waals surface area contributed by atoms with Crippen LogP contribution in [-0.4, -0.2) is 53.4 Å². The molecule has 1 aliphatic heterocycles. The number of rotatable bonds is 4. The molecule has 0 radical (unpaired) electrons. The Labute approximate surface area is 103 Å². The lowest BCUT2D eigenvalue weighted by atomic mass is 9.95. The van der Waals surface area contributed by atoms with Gasteiger partial charge >= 0.3 is 0 Å². The molecule has 1 heterocycles. The largest absolute Gasteiger partial charge is 0.394 e. The highest BCUT2D eigenvalue weighted by Gasteiger charge is 2.36. The first-order valence-corrected chi connectivity index (χ1v) is 6.25. The third kappa shape index (κ3) is 3.66. The molecule has 0 aromatic carbocycles. The summed E-state index contributed by atoms with van der Waals surface area (Å²) in [6, 6.07) is 0. The number of carbonyl (C=O) groups excluding carboxylic acids is 1. The summed E-state index contributed by atoms with van der Waals surface area (Å²) in [6.07, 6.45) is 1.20. The van der Waals surface area contributed by atoms with Crippen LogP contribution in [0.25, 0.3) is 0 Å². The summed E-state index contributed by atoms with van der Waals surface area (Å²) in [5.41, 5.74) is 5.23. The lowest BCUT2D eigenvalue weighted by Crippen LogP contribution is -2.59. The summed E-state index contributed by atoms with van der Waals surface area (Å²) in [4.78, 5) is 14.0. The van der Waals surface area contributed by atoms with Gasteiger partial charge in [-0.3, -0.25) is 4.79 Å². The number of ether oxygens (including phenoxy) is 1. The molecule has 1 aliphatic rings. The fourth-order valence-corrected chi connectivity index (χ4v) is 2.30. The molecule has 3 N–H and O–H groups in total. The van der Waals surface area contributed by atoms with E-state index in [0.717, 1.165) is 6.42 Å². The average molecular weight is 244 g/mol. The highest BCUT2D eigenvalue weighted by molar-refractivity contribution is 5.85. The lowest BCUT2D eigenvalue weighted by Gasteiger charge is -2.39. The van der Waals surface area contributed by atoms with E-state index < -0.39 is 5.54 Å². The number of nitrogens with two attached hydrogens (primary N) is 1. The molecule has 0 bridgehead atoms. The second-order valence-electron chi connectivity index (χ2n) is 5.13. The Morgan fingerprint density at radius 3 is 2.76 bits per heavy atom. The molecule has 0 spiro atoms. The van der Waals surface area contributed by atoms with Gasteiger partial charge in [-0.25, -0.2) is 0 Å².